The molecule has 11 heteroatoms. The second-order valence-electron chi connectivity index (χ2n) is 7.19. The van der Waals surface area contributed by atoms with Gasteiger partial charge in [0.15, 0.2) is 17.2 Å². The number of pyridine rings is 1. The second kappa shape index (κ2) is 9.27. The van der Waals surface area contributed by atoms with Gasteiger partial charge in [-0.15, -0.1) is 0 Å². The molecule has 0 unspecified atom stereocenters. The molecule has 0 spiro atoms. The third-order valence-electron chi connectivity index (χ3n) is 5.08. The highest BCUT2D eigenvalue weighted by Crippen LogP contribution is 2.22. The molecule has 3 rings (SSSR count). The zero-order valence-electron chi connectivity index (χ0n) is 17.4. The van der Waals surface area contributed by atoms with Crippen LogP contribution in [-0.4, -0.2) is 59.2 Å². The number of aromatic hydroxyl groups is 1. The Kier molecular flexibility index (Phi) is 6.68. The van der Waals surface area contributed by atoms with E-state index >= 15 is 0 Å². The van der Waals surface area contributed by atoms with Crippen LogP contribution in [0.4, 0.5) is 8.78 Å². The molecule has 1 aliphatic heterocycles. The number of methoxy groups -OCH3 is 1. The molecule has 0 saturated carbocycles. The van der Waals surface area contributed by atoms with Crippen molar-refractivity contribution in [2.45, 2.75) is 19.8 Å². The molecular weight excluding hydrogens is 428 g/mol. The van der Waals surface area contributed by atoms with Crippen molar-refractivity contribution < 1.29 is 33.0 Å². The Balaban J connectivity index is 1.96. The van der Waals surface area contributed by atoms with E-state index in [0.717, 1.165) is 21.9 Å². The van der Waals surface area contributed by atoms with Crippen LogP contribution < -0.4 is 10.4 Å². The number of aryl methyl sites for hydroxylation is 1. The number of ether oxygens (including phenoxy) is 1. The standard InChI is InChI=1S/C21H21F2N3O6/c1-12(27)26-11-24(7-8-32-2)21(31)18-20(30)19(29)15(10-25(18)26)17(28)6-4-13-3-5-14(22)9-16(13)23/h3,5,9-10,30H,4,6-8,11H2,1-2H3. The molecule has 0 aliphatic carbocycles. The highest BCUT2D eigenvalue weighted by molar-refractivity contribution is 6.01. The summed E-state index contributed by atoms with van der Waals surface area (Å²) in [5, 5.41) is 11.5. The van der Waals surface area contributed by atoms with Gasteiger partial charge < -0.3 is 14.7 Å². The summed E-state index contributed by atoms with van der Waals surface area (Å²) in [6.07, 6.45) is 0.589. The normalized spacial score (nSPS) is 13.3. The molecule has 1 N–H and O–H groups in total. The lowest BCUT2D eigenvalue weighted by atomic mass is 10.0. The lowest BCUT2D eigenvalue weighted by Crippen LogP contribution is -2.56. The fourth-order valence-electron chi connectivity index (χ4n) is 3.35. The van der Waals surface area contributed by atoms with E-state index in [1.807, 2.05) is 0 Å². The average Bonchev–Trinajstić information content (AvgIpc) is 2.74. The molecule has 1 aliphatic rings. The number of carbonyl (C=O) groups is 3. The molecule has 0 radical (unpaired) electrons. The second-order valence-corrected chi connectivity index (χ2v) is 7.19. The van der Waals surface area contributed by atoms with Gasteiger partial charge in [-0.2, -0.15) is 0 Å². The summed E-state index contributed by atoms with van der Waals surface area (Å²) in [6, 6.07) is 2.93. The fraction of sp³-hybridized carbons (Fsp3) is 0.333. The number of nitrogens with zero attached hydrogens (tertiary/aromatic N) is 3. The molecule has 2 aromatic rings. The Labute approximate surface area is 181 Å². The number of ketones is 1. The minimum Gasteiger partial charge on any atom is -0.502 e. The molecule has 1 aromatic carbocycles. The SMILES string of the molecule is COCCN1CN(C(C)=O)n2cc(C(=O)CCc3ccc(F)cc3F)c(=O)c(O)c2C1=O. The first-order valence-electron chi connectivity index (χ1n) is 9.68. The van der Waals surface area contributed by atoms with Crippen LogP contribution in [0.5, 0.6) is 5.75 Å². The average molecular weight is 449 g/mol. The van der Waals surface area contributed by atoms with E-state index in [4.69, 9.17) is 4.74 Å². The van der Waals surface area contributed by atoms with E-state index in [0.29, 0.717) is 6.07 Å². The van der Waals surface area contributed by atoms with Gasteiger partial charge in [-0.1, -0.05) is 6.07 Å². The number of benzene rings is 1. The number of hydrogen-bond donors (Lipinski definition) is 1. The Bertz CT molecular complexity index is 1150. The Morgan fingerprint density at radius 3 is 2.56 bits per heavy atom. The van der Waals surface area contributed by atoms with Crippen molar-refractivity contribution in [1.82, 2.24) is 9.58 Å². The summed E-state index contributed by atoms with van der Waals surface area (Å²) in [5.74, 6) is -4.50. The van der Waals surface area contributed by atoms with Gasteiger partial charge in [0.05, 0.1) is 12.2 Å². The predicted molar refractivity (Wildman–Crippen MR) is 108 cm³/mol. The maximum atomic E-state index is 13.8. The van der Waals surface area contributed by atoms with Crippen molar-refractivity contribution >= 4 is 17.6 Å². The Hall–Kier alpha value is -3.60. The number of hydrogen-bond acceptors (Lipinski definition) is 6. The maximum absolute atomic E-state index is 13.8. The zero-order chi connectivity index (χ0) is 23.6. The summed E-state index contributed by atoms with van der Waals surface area (Å²) in [7, 11) is 1.43. The number of amides is 2. The topological polar surface area (TPSA) is 109 Å². The summed E-state index contributed by atoms with van der Waals surface area (Å²) in [6.45, 7) is 1.32. The monoisotopic (exact) mass is 449 g/mol. The molecule has 0 saturated heterocycles. The van der Waals surface area contributed by atoms with E-state index in [1.165, 1.54) is 25.0 Å². The first kappa shape index (κ1) is 23.1. The van der Waals surface area contributed by atoms with Crippen LogP contribution in [0.2, 0.25) is 0 Å². The van der Waals surface area contributed by atoms with Gasteiger partial charge in [-0.05, 0) is 18.1 Å². The summed E-state index contributed by atoms with van der Waals surface area (Å²) in [4.78, 5) is 51.5. The molecule has 9 nitrogen and oxygen atoms in total. The van der Waals surface area contributed by atoms with E-state index in [-0.39, 0.29) is 38.2 Å². The number of carbonyl (C=O) groups excluding carboxylic acids is 3. The largest absolute Gasteiger partial charge is 0.502 e. The minimum atomic E-state index is -1.08. The van der Waals surface area contributed by atoms with E-state index in [1.54, 1.807) is 0 Å². The predicted octanol–water partition coefficient (Wildman–Crippen LogP) is 1.19. The molecule has 1 aromatic heterocycles. The van der Waals surface area contributed by atoms with Crippen LogP contribution in [0.3, 0.4) is 0 Å². The number of aromatic nitrogens is 1. The number of Topliss-reactive ketones (excluding diaryl/α,β-unsaturated/α-hetero) is 1. The van der Waals surface area contributed by atoms with E-state index in [9.17, 15) is 33.1 Å². The van der Waals surface area contributed by atoms with Gasteiger partial charge in [0.25, 0.3) is 5.91 Å². The van der Waals surface area contributed by atoms with Gasteiger partial charge in [-0.3, -0.25) is 19.2 Å². The Morgan fingerprint density at radius 2 is 1.94 bits per heavy atom. The number of rotatable bonds is 7. The van der Waals surface area contributed by atoms with Gasteiger partial charge in [0.1, 0.15) is 18.3 Å². The molecule has 0 fully saturated rings. The summed E-state index contributed by atoms with van der Waals surface area (Å²) >= 11 is 0. The third kappa shape index (κ3) is 4.37. The quantitative estimate of drug-likeness (QED) is 0.636. The van der Waals surface area contributed by atoms with Gasteiger partial charge in [0.2, 0.25) is 11.3 Å². The summed E-state index contributed by atoms with van der Waals surface area (Å²) in [5.41, 5.74) is -1.91. The molecule has 2 heterocycles. The molecule has 0 bridgehead atoms. The lowest BCUT2D eigenvalue weighted by Gasteiger charge is -2.37. The number of halogens is 2. The smallest absolute Gasteiger partial charge is 0.278 e. The molecule has 0 atom stereocenters. The van der Waals surface area contributed by atoms with Crippen LogP contribution in [0, 0.1) is 11.6 Å². The molecule has 32 heavy (non-hydrogen) atoms. The maximum Gasteiger partial charge on any atom is 0.278 e. The third-order valence-corrected chi connectivity index (χ3v) is 5.08. The van der Waals surface area contributed by atoms with Crippen LogP contribution in [-0.2, 0) is 16.0 Å². The van der Waals surface area contributed by atoms with Gasteiger partial charge in [0, 0.05) is 39.3 Å². The van der Waals surface area contributed by atoms with Crippen LogP contribution in [0.15, 0.2) is 29.2 Å². The number of fused-ring (bicyclic) bond motifs is 1. The zero-order valence-corrected chi connectivity index (χ0v) is 17.4. The van der Waals surface area contributed by atoms with Crippen molar-refractivity contribution in [2.24, 2.45) is 0 Å². The summed E-state index contributed by atoms with van der Waals surface area (Å²) < 4.78 is 32.8. The molecule has 170 valence electrons. The van der Waals surface area contributed by atoms with Gasteiger partial charge >= 0.3 is 0 Å². The van der Waals surface area contributed by atoms with Gasteiger partial charge in [-0.25, -0.2) is 18.5 Å². The van der Waals surface area contributed by atoms with Crippen molar-refractivity contribution in [1.29, 1.82) is 0 Å². The first-order valence-corrected chi connectivity index (χ1v) is 9.68. The first-order chi connectivity index (χ1) is 15.1. The van der Waals surface area contributed by atoms with Crippen LogP contribution >= 0.6 is 0 Å². The van der Waals surface area contributed by atoms with Crippen molar-refractivity contribution in [2.75, 3.05) is 31.9 Å². The van der Waals surface area contributed by atoms with Crippen LogP contribution in [0.1, 0.15) is 39.8 Å². The van der Waals surface area contributed by atoms with Crippen molar-refractivity contribution in [3.63, 3.8) is 0 Å². The van der Waals surface area contributed by atoms with E-state index in [2.05, 4.69) is 0 Å². The highest BCUT2D eigenvalue weighted by Gasteiger charge is 2.35. The lowest BCUT2D eigenvalue weighted by molar-refractivity contribution is -0.118. The molecular formula is C21H21F2N3O6. The van der Waals surface area contributed by atoms with Crippen molar-refractivity contribution in [3.05, 3.63) is 63.1 Å². The minimum absolute atomic E-state index is 0.0800. The fourth-order valence-corrected chi connectivity index (χ4v) is 3.35. The van der Waals surface area contributed by atoms with Crippen molar-refractivity contribution in [3.8, 4) is 5.75 Å². The van der Waals surface area contributed by atoms with Crippen LogP contribution in [0.25, 0.3) is 0 Å². The highest BCUT2D eigenvalue weighted by atomic mass is 19.1. The molecule has 2 amide bonds. The Morgan fingerprint density at radius 1 is 1.22 bits per heavy atom. The van der Waals surface area contributed by atoms with E-state index < -0.39 is 51.7 Å².